The molecule has 2 rings (SSSR count). The number of carbonyl (C=O) groups excluding carboxylic acids is 1. The van der Waals surface area contributed by atoms with Gasteiger partial charge in [0.1, 0.15) is 5.41 Å². The predicted molar refractivity (Wildman–Crippen MR) is 62.0 cm³/mol. The summed E-state index contributed by atoms with van der Waals surface area (Å²) in [4.78, 5) is 20.6. The van der Waals surface area contributed by atoms with Crippen molar-refractivity contribution in [1.82, 2.24) is 0 Å². The minimum absolute atomic E-state index is 0.213. The van der Waals surface area contributed by atoms with Crippen molar-refractivity contribution in [2.75, 3.05) is 0 Å². The zero-order chi connectivity index (χ0) is 13.6. The minimum atomic E-state index is -1.56. The van der Waals surface area contributed by atoms with Crippen LogP contribution in [0.3, 0.4) is 0 Å². The maximum atomic E-state index is 10.3. The molecule has 0 radical (unpaired) electrons. The van der Waals surface area contributed by atoms with Crippen molar-refractivity contribution < 1.29 is 25.5 Å². The van der Waals surface area contributed by atoms with Gasteiger partial charge < -0.3 is 20.7 Å². The van der Waals surface area contributed by atoms with E-state index < -0.39 is 17.4 Å². The summed E-state index contributed by atoms with van der Waals surface area (Å²) in [5.41, 5.74) is 3.50. The Bertz CT molecular complexity index is 396. The summed E-state index contributed by atoms with van der Waals surface area (Å²) >= 11 is 0. The molecule has 18 heavy (non-hydrogen) atoms. The molecule has 0 spiro atoms. The van der Waals surface area contributed by atoms with Gasteiger partial charge >= 0.3 is 5.97 Å². The van der Waals surface area contributed by atoms with Gasteiger partial charge in [0.05, 0.1) is 12.5 Å². The van der Waals surface area contributed by atoms with Crippen LogP contribution in [0.4, 0.5) is 0 Å². The van der Waals surface area contributed by atoms with Crippen molar-refractivity contribution in [3.63, 3.8) is 0 Å². The minimum Gasteiger partial charge on any atom is -0.549 e. The van der Waals surface area contributed by atoms with Gasteiger partial charge in [0.2, 0.25) is 0 Å². The average Bonchev–Trinajstić information content (AvgIpc) is 2.28. The van der Waals surface area contributed by atoms with Crippen LogP contribution < -0.4 is 10.8 Å². The van der Waals surface area contributed by atoms with E-state index in [1.54, 1.807) is 0 Å². The fourth-order valence-electron chi connectivity index (χ4n) is 1.68. The van der Waals surface area contributed by atoms with Crippen LogP contribution in [-0.2, 0) is 16.1 Å². The number of hydrogen-bond acceptors (Lipinski definition) is 3. The summed E-state index contributed by atoms with van der Waals surface area (Å²) in [7, 11) is 0. The fraction of sp³-hybridized carbons (Fsp3) is 0.385. The zero-order valence-corrected chi connectivity index (χ0v) is 10.1. The number of carboxylic acid groups (broad SMARTS) is 2. The van der Waals surface area contributed by atoms with Gasteiger partial charge in [0.25, 0.3) is 0 Å². The van der Waals surface area contributed by atoms with E-state index in [9.17, 15) is 14.7 Å². The number of rotatable bonds is 3. The highest BCUT2D eigenvalue weighted by Gasteiger charge is 2.45. The third-order valence-electron chi connectivity index (χ3n) is 3.14. The lowest BCUT2D eigenvalue weighted by Gasteiger charge is -2.38. The number of carboxylic acids is 2. The monoisotopic (exact) mass is 251 g/mol. The van der Waals surface area contributed by atoms with E-state index in [0.29, 0.717) is 6.42 Å². The van der Waals surface area contributed by atoms with Crippen molar-refractivity contribution in [1.29, 1.82) is 0 Å². The molecule has 5 heteroatoms. The molecule has 0 heterocycles. The van der Waals surface area contributed by atoms with Gasteiger partial charge in [-0.25, -0.2) is 0 Å². The Morgan fingerprint density at radius 1 is 1.28 bits per heavy atom. The predicted octanol–water partition coefficient (Wildman–Crippen LogP) is -0.580. The van der Waals surface area contributed by atoms with Gasteiger partial charge in [-0.15, -0.1) is 0 Å². The van der Waals surface area contributed by atoms with E-state index in [1.165, 1.54) is 5.56 Å². The highest BCUT2D eigenvalue weighted by atomic mass is 16.4. The smallest absolute Gasteiger partial charge is 0.315 e. The Labute approximate surface area is 105 Å². The van der Waals surface area contributed by atoms with Crippen LogP contribution in [0.5, 0.6) is 0 Å². The van der Waals surface area contributed by atoms with Crippen molar-refractivity contribution in [3.8, 4) is 0 Å². The summed E-state index contributed by atoms with van der Waals surface area (Å²) in [5, 5.41) is 18.7. The van der Waals surface area contributed by atoms with Gasteiger partial charge in [0.15, 0.2) is 0 Å². The number of hydrogen-bond donors (Lipinski definition) is 2. The highest BCUT2D eigenvalue weighted by Crippen LogP contribution is 2.40. The highest BCUT2D eigenvalue weighted by molar-refractivity contribution is 5.98. The van der Waals surface area contributed by atoms with E-state index in [1.807, 2.05) is 18.2 Å². The lowest BCUT2D eigenvalue weighted by atomic mass is 9.69. The summed E-state index contributed by atoms with van der Waals surface area (Å²) < 4.78 is 0. The second-order valence-corrected chi connectivity index (χ2v) is 4.26. The Kier molecular flexibility index (Phi) is 4.85. The molecule has 0 saturated heterocycles. The topological polar surface area (TPSA) is 105 Å². The molecule has 0 bridgehead atoms. The van der Waals surface area contributed by atoms with E-state index in [-0.39, 0.29) is 12.8 Å². The Morgan fingerprint density at radius 3 is 2.00 bits per heavy atom. The molecule has 1 aliphatic rings. The lowest BCUT2D eigenvalue weighted by molar-refractivity contribution is -0.386. The molecule has 0 atom stereocenters. The third-order valence-corrected chi connectivity index (χ3v) is 3.14. The lowest BCUT2D eigenvalue weighted by Crippen LogP contribution is -2.52. The second-order valence-electron chi connectivity index (χ2n) is 4.26. The molecular weight excluding hydrogens is 234 g/mol. The first-order valence-electron chi connectivity index (χ1n) is 5.81. The van der Waals surface area contributed by atoms with E-state index in [4.69, 9.17) is 5.11 Å². The van der Waals surface area contributed by atoms with Crippen molar-refractivity contribution in [3.05, 3.63) is 35.9 Å². The van der Waals surface area contributed by atoms with Crippen LogP contribution in [0.2, 0.25) is 0 Å². The molecule has 4 N–H and O–H groups in total. The number of benzene rings is 1. The first-order valence-corrected chi connectivity index (χ1v) is 5.81. The summed E-state index contributed by atoms with van der Waals surface area (Å²) in [6.07, 6.45) is 1.09. The van der Waals surface area contributed by atoms with Crippen LogP contribution in [0, 0.1) is 5.41 Å². The number of aliphatic carboxylic acids is 2. The van der Waals surface area contributed by atoms with Gasteiger partial charge in [-0.05, 0) is 12.8 Å². The molecular formula is C13H17NO4. The normalized spacial score (nSPS) is 15.8. The molecule has 5 nitrogen and oxygen atoms in total. The molecule has 1 saturated carbocycles. The molecule has 0 amide bonds. The van der Waals surface area contributed by atoms with Crippen molar-refractivity contribution in [2.24, 2.45) is 5.41 Å². The molecule has 1 aliphatic carbocycles. The van der Waals surface area contributed by atoms with Crippen molar-refractivity contribution >= 4 is 11.9 Å². The summed E-state index contributed by atoms with van der Waals surface area (Å²) in [6, 6.07) is 10.2. The maximum Gasteiger partial charge on any atom is 0.315 e. The Hall–Kier alpha value is -1.88. The largest absolute Gasteiger partial charge is 0.549 e. The summed E-state index contributed by atoms with van der Waals surface area (Å²) in [5.74, 6) is -2.72. The third kappa shape index (κ3) is 3.07. The molecule has 0 unspecified atom stereocenters. The van der Waals surface area contributed by atoms with Crippen LogP contribution in [0.15, 0.2) is 30.3 Å². The van der Waals surface area contributed by atoms with Gasteiger partial charge in [-0.3, -0.25) is 4.79 Å². The molecule has 1 aromatic carbocycles. The quantitative estimate of drug-likeness (QED) is 0.701. The molecule has 0 aromatic heterocycles. The van der Waals surface area contributed by atoms with Crippen LogP contribution >= 0.6 is 0 Å². The van der Waals surface area contributed by atoms with Gasteiger partial charge in [0, 0.05) is 5.56 Å². The standard InChI is InChI=1S/C7H9N.C6H8O4/c8-6-7-4-2-1-3-5-7;7-4(8)6(5(9)10)2-1-3-6/h1-5H,6,8H2;1-3H2,(H,7,8)(H,9,10). The molecule has 98 valence electrons. The molecule has 1 fully saturated rings. The Morgan fingerprint density at radius 2 is 1.83 bits per heavy atom. The number of quaternary nitrogens is 1. The van der Waals surface area contributed by atoms with Gasteiger partial charge in [-0.1, -0.05) is 36.8 Å². The van der Waals surface area contributed by atoms with E-state index >= 15 is 0 Å². The molecule has 1 aromatic rings. The summed E-state index contributed by atoms with van der Waals surface area (Å²) in [6.45, 7) is 0.890. The zero-order valence-electron chi connectivity index (χ0n) is 10.1. The van der Waals surface area contributed by atoms with Crippen LogP contribution in [-0.4, -0.2) is 17.0 Å². The van der Waals surface area contributed by atoms with Crippen LogP contribution in [0.1, 0.15) is 24.8 Å². The van der Waals surface area contributed by atoms with E-state index in [2.05, 4.69) is 17.9 Å². The average molecular weight is 251 g/mol. The van der Waals surface area contributed by atoms with Crippen LogP contribution in [0.25, 0.3) is 0 Å². The maximum absolute atomic E-state index is 10.3. The SMILES string of the molecule is O=C([O-])C1(C(=O)O)CCC1.[NH3+]Cc1ccccc1. The fourth-order valence-corrected chi connectivity index (χ4v) is 1.68. The van der Waals surface area contributed by atoms with E-state index in [0.717, 1.165) is 6.54 Å². The number of carbonyl (C=O) groups is 2. The molecule has 0 aliphatic heterocycles. The Balaban J connectivity index is 0.000000184. The first kappa shape index (κ1) is 14.2. The van der Waals surface area contributed by atoms with Gasteiger partial charge in [-0.2, -0.15) is 0 Å². The second kappa shape index (κ2) is 6.16. The van der Waals surface area contributed by atoms with Crippen molar-refractivity contribution in [2.45, 2.75) is 25.8 Å². The first-order chi connectivity index (χ1) is 8.53.